The highest BCUT2D eigenvalue weighted by molar-refractivity contribution is 5.28. The van der Waals surface area contributed by atoms with Gasteiger partial charge in [0.1, 0.15) is 5.75 Å². The minimum atomic E-state index is -0.535. The van der Waals surface area contributed by atoms with Gasteiger partial charge in [0.15, 0.2) is 0 Å². The van der Waals surface area contributed by atoms with Crippen LogP contribution in [0.3, 0.4) is 0 Å². The van der Waals surface area contributed by atoms with E-state index >= 15 is 0 Å². The Hall–Kier alpha value is -1.06. The van der Waals surface area contributed by atoms with Crippen molar-refractivity contribution >= 4 is 0 Å². The maximum Gasteiger partial charge on any atom is 0.119 e. The first-order valence-corrected chi connectivity index (χ1v) is 5.37. The molecule has 2 N–H and O–H groups in total. The molecule has 1 aromatic carbocycles. The van der Waals surface area contributed by atoms with Crippen LogP contribution in [-0.4, -0.2) is 30.4 Å². The molecule has 0 spiro atoms. The summed E-state index contributed by atoms with van der Waals surface area (Å²) in [6.07, 6.45) is 0.715. The van der Waals surface area contributed by atoms with Crippen molar-refractivity contribution in [3.8, 4) is 5.75 Å². The Morgan fingerprint density at radius 2 is 2.00 bits per heavy atom. The van der Waals surface area contributed by atoms with E-state index in [-0.39, 0.29) is 0 Å². The van der Waals surface area contributed by atoms with Crippen molar-refractivity contribution in [2.45, 2.75) is 18.9 Å². The maximum atomic E-state index is 9.94. The van der Waals surface area contributed by atoms with E-state index in [0.29, 0.717) is 26.1 Å². The standard InChI is InChI=1S/C12H17NO2/c1-2-15-11-5-3-10(4-6-11)7-12(14)8-13-9-12/h3-6,13-14H,2,7-9H2,1H3. The van der Waals surface area contributed by atoms with E-state index in [1.807, 2.05) is 31.2 Å². The smallest absolute Gasteiger partial charge is 0.119 e. The molecule has 1 fully saturated rings. The van der Waals surface area contributed by atoms with E-state index in [0.717, 1.165) is 11.3 Å². The van der Waals surface area contributed by atoms with Crippen LogP contribution in [0.25, 0.3) is 0 Å². The molecule has 0 atom stereocenters. The Kier molecular flexibility index (Phi) is 2.93. The monoisotopic (exact) mass is 207 g/mol. The van der Waals surface area contributed by atoms with Gasteiger partial charge in [-0.2, -0.15) is 0 Å². The van der Waals surface area contributed by atoms with E-state index in [4.69, 9.17) is 4.74 Å². The number of nitrogens with one attached hydrogen (secondary N) is 1. The second kappa shape index (κ2) is 4.21. The second-order valence-electron chi connectivity index (χ2n) is 4.08. The van der Waals surface area contributed by atoms with Crippen LogP contribution < -0.4 is 10.1 Å². The first-order valence-electron chi connectivity index (χ1n) is 5.37. The summed E-state index contributed by atoms with van der Waals surface area (Å²) in [7, 11) is 0. The quantitative estimate of drug-likeness (QED) is 0.772. The normalized spacial score (nSPS) is 18.3. The summed E-state index contributed by atoms with van der Waals surface area (Å²) in [5.41, 5.74) is 0.620. The van der Waals surface area contributed by atoms with E-state index in [1.165, 1.54) is 0 Å². The lowest BCUT2D eigenvalue weighted by atomic mass is 9.89. The maximum absolute atomic E-state index is 9.94. The average Bonchev–Trinajstić information content (AvgIpc) is 2.19. The Labute approximate surface area is 90.1 Å². The van der Waals surface area contributed by atoms with Crippen molar-refractivity contribution in [1.29, 1.82) is 0 Å². The molecule has 0 aromatic heterocycles. The molecular weight excluding hydrogens is 190 g/mol. The van der Waals surface area contributed by atoms with Gasteiger partial charge >= 0.3 is 0 Å². The number of aliphatic hydroxyl groups is 1. The predicted octanol–water partition coefficient (Wildman–Crippen LogP) is 0.962. The molecule has 0 amide bonds. The molecule has 3 heteroatoms. The lowest BCUT2D eigenvalue weighted by Gasteiger charge is -2.37. The zero-order chi connectivity index (χ0) is 10.7. The van der Waals surface area contributed by atoms with E-state index < -0.39 is 5.60 Å². The molecule has 2 rings (SSSR count). The molecule has 3 nitrogen and oxygen atoms in total. The number of β-amino-alcohol motifs (C(OH)–C–C–N with tert-alkyl or cyclic N) is 1. The SMILES string of the molecule is CCOc1ccc(CC2(O)CNC2)cc1. The van der Waals surface area contributed by atoms with Crippen LogP contribution in [0.5, 0.6) is 5.75 Å². The first-order chi connectivity index (χ1) is 7.22. The summed E-state index contributed by atoms with van der Waals surface area (Å²) >= 11 is 0. The molecule has 1 heterocycles. The molecule has 1 saturated heterocycles. The van der Waals surface area contributed by atoms with E-state index in [9.17, 15) is 5.11 Å². The van der Waals surface area contributed by atoms with Gasteiger partial charge in [-0.3, -0.25) is 0 Å². The molecule has 15 heavy (non-hydrogen) atoms. The van der Waals surface area contributed by atoms with Crippen molar-refractivity contribution in [1.82, 2.24) is 5.32 Å². The Bertz CT molecular complexity index is 317. The van der Waals surface area contributed by atoms with Crippen molar-refractivity contribution in [3.05, 3.63) is 29.8 Å². The third-order valence-electron chi connectivity index (χ3n) is 2.68. The highest BCUT2D eigenvalue weighted by Crippen LogP contribution is 2.19. The fraction of sp³-hybridized carbons (Fsp3) is 0.500. The van der Waals surface area contributed by atoms with Gasteiger partial charge in [-0.05, 0) is 24.6 Å². The van der Waals surface area contributed by atoms with Crippen LogP contribution in [0.2, 0.25) is 0 Å². The molecule has 0 bridgehead atoms. The largest absolute Gasteiger partial charge is 0.494 e. The fourth-order valence-electron chi connectivity index (χ4n) is 1.79. The predicted molar refractivity (Wildman–Crippen MR) is 59.1 cm³/mol. The second-order valence-corrected chi connectivity index (χ2v) is 4.08. The van der Waals surface area contributed by atoms with Gasteiger partial charge in [0.2, 0.25) is 0 Å². The van der Waals surface area contributed by atoms with Gasteiger partial charge < -0.3 is 15.2 Å². The number of benzene rings is 1. The van der Waals surface area contributed by atoms with E-state index in [2.05, 4.69) is 5.32 Å². The average molecular weight is 207 g/mol. The lowest BCUT2D eigenvalue weighted by Crippen LogP contribution is -2.60. The molecule has 1 aliphatic rings. The van der Waals surface area contributed by atoms with E-state index in [1.54, 1.807) is 0 Å². The molecular formula is C12H17NO2. The zero-order valence-corrected chi connectivity index (χ0v) is 8.99. The summed E-state index contributed by atoms with van der Waals surface area (Å²) in [6, 6.07) is 7.94. The van der Waals surface area contributed by atoms with Gasteiger partial charge in [-0.25, -0.2) is 0 Å². The highest BCUT2D eigenvalue weighted by atomic mass is 16.5. The summed E-state index contributed by atoms with van der Waals surface area (Å²) < 4.78 is 5.36. The number of hydrogen-bond acceptors (Lipinski definition) is 3. The Morgan fingerprint density at radius 1 is 1.33 bits per heavy atom. The number of hydrogen-bond donors (Lipinski definition) is 2. The number of ether oxygens (including phenoxy) is 1. The van der Waals surface area contributed by atoms with Crippen LogP contribution in [0.15, 0.2) is 24.3 Å². The molecule has 0 unspecified atom stereocenters. The highest BCUT2D eigenvalue weighted by Gasteiger charge is 2.33. The van der Waals surface area contributed by atoms with Crippen LogP contribution in [0, 0.1) is 0 Å². The van der Waals surface area contributed by atoms with Gasteiger partial charge in [-0.1, -0.05) is 12.1 Å². The molecule has 1 aromatic rings. The molecule has 82 valence electrons. The minimum Gasteiger partial charge on any atom is -0.494 e. The first kappa shape index (κ1) is 10.5. The lowest BCUT2D eigenvalue weighted by molar-refractivity contribution is -0.00902. The minimum absolute atomic E-state index is 0.535. The molecule has 0 saturated carbocycles. The fourth-order valence-corrected chi connectivity index (χ4v) is 1.79. The van der Waals surface area contributed by atoms with Gasteiger partial charge in [-0.15, -0.1) is 0 Å². The van der Waals surface area contributed by atoms with Gasteiger partial charge in [0, 0.05) is 19.5 Å². The third-order valence-corrected chi connectivity index (χ3v) is 2.68. The van der Waals surface area contributed by atoms with Crippen molar-refractivity contribution < 1.29 is 9.84 Å². The van der Waals surface area contributed by atoms with Crippen molar-refractivity contribution in [3.63, 3.8) is 0 Å². The van der Waals surface area contributed by atoms with Crippen molar-refractivity contribution in [2.75, 3.05) is 19.7 Å². The molecule has 0 radical (unpaired) electrons. The molecule has 0 aliphatic carbocycles. The zero-order valence-electron chi connectivity index (χ0n) is 8.99. The third kappa shape index (κ3) is 2.49. The van der Waals surface area contributed by atoms with Crippen LogP contribution in [0.1, 0.15) is 12.5 Å². The number of rotatable bonds is 4. The Balaban J connectivity index is 1.97. The van der Waals surface area contributed by atoms with Crippen molar-refractivity contribution in [2.24, 2.45) is 0 Å². The van der Waals surface area contributed by atoms with Crippen LogP contribution >= 0.6 is 0 Å². The van der Waals surface area contributed by atoms with Gasteiger partial charge in [0.05, 0.1) is 12.2 Å². The Morgan fingerprint density at radius 3 is 2.47 bits per heavy atom. The van der Waals surface area contributed by atoms with Crippen LogP contribution in [-0.2, 0) is 6.42 Å². The summed E-state index contributed by atoms with van der Waals surface area (Å²) in [6.45, 7) is 4.05. The van der Waals surface area contributed by atoms with Crippen LogP contribution in [0.4, 0.5) is 0 Å². The summed E-state index contributed by atoms with van der Waals surface area (Å²) in [4.78, 5) is 0. The molecule has 1 aliphatic heterocycles. The topological polar surface area (TPSA) is 41.5 Å². The summed E-state index contributed by atoms with van der Waals surface area (Å²) in [5.74, 6) is 0.889. The van der Waals surface area contributed by atoms with Gasteiger partial charge in [0.25, 0.3) is 0 Å². The summed E-state index contributed by atoms with van der Waals surface area (Å²) in [5, 5.41) is 13.0.